The second kappa shape index (κ2) is 8.70. The lowest BCUT2D eigenvalue weighted by atomic mass is 9.78. The lowest BCUT2D eigenvalue weighted by Gasteiger charge is -2.40. The van der Waals surface area contributed by atoms with Crippen LogP contribution in [-0.2, 0) is 4.79 Å². The zero-order chi connectivity index (χ0) is 22.1. The quantitative estimate of drug-likeness (QED) is 0.793. The first-order valence-corrected chi connectivity index (χ1v) is 11.8. The molecule has 170 valence electrons. The summed E-state index contributed by atoms with van der Waals surface area (Å²) in [6.45, 7) is 2.41. The molecule has 1 saturated carbocycles. The zero-order valence-electron chi connectivity index (χ0n) is 18.7. The Morgan fingerprint density at radius 1 is 1.00 bits per heavy atom. The van der Waals surface area contributed by atoms with Gasteiger partial charge < -0.3 is 19.6 Å². The number of nitrogens with zero attached hydrogens (tertiary/aromatic N) is 4. The Hall–Kier alpha value is -2.67. The summed E-state index contributed by atoms with van der Waals surface area (Å²) in [6, 6.07) is 8.16. The van der Waals surface area contributed by atoms with Crippen molar-refractivity contribution in [2.45, 2.75) is 57.1 Å². The number of ether oxygens (including phenoxy) is 1. The molecule has 3 fully saturated rings. The standard InChI is InChI=1S/C25H32N4O3/c1-32-22-9-3-18(4-10-22)19-15-26-24(27-16-19)28-13-2-11-25(17-28)12-14-29(23(25)31)20-5-7-21(30)8-6-20/h3-4,9-10,15-16,20-21,30H,2,5-8,11-14,17H2,1H3/t20-,21+,25?. The highest BCUT2D eigenvalue weighted by Gasteiger charge is 2.50. The molecule has 2 saturated heterocycles. The smallest absolute Gasteiger partial charge is 0.230 e. The predicted molar refractivity (Wildman–Crippen MR) is 122 cm³/mol. The maximum absolute atomic E-state index is 13.5. The van der Waals surface area contributed by atoms with Crippen molar-refractivity contribution in [1.82, 2.24) is 14.9 Å². The number of methoxy groups -OCH3 is 1. The van der Waals surface area contributed by atoms with Crippen LogP contribution in [-0.4, -0.2) is 64.8 Å². The monoisotopic (exact) mass is 436 g/mol. The van der Waals surface area contributed by atoms with Gasteiger partial charge in [0.25, 0.3) is 0 Å². The highest BCUT2D eigenvalue weighted by molar-refractivity contribution is 5.86. The number of hydrogen-bond acceptors (Lipinski definition) is 6. The molecule has 3 aliphatic rings. The van der Waals surface area contributed by atoms with Gasteiger partial charge in [-0.3, -0.25) is 4.79 Å². The van der Waals surface area contributed by atoms with E-state index in [1.807, 2.05) is 36.7 Å². The molecule has 3 heterocycles. The van der Waals surface area contributed by atoms with Crippen LogP contribution in [0, 0.1) is 5.41 Å². The number of carbonyl (C=O) groups is 1. The van der Waals surface area contributed by atoms with Crippen LogP contribution in [0.1, 0.15) is 44.9 Å². The van der Waals surface area contributed by atoms with Gasteiger partial charge in [0.2, 0.25) is 11.9 Å². The van der Waals surface area contributed by atoms with Crippen molar-refractivity contribution < 1.29 is 14.6 Å². The molecule has 1 aromatic heterocycles. The number of likely N-dealkylation sites (tertiary alicyclic amines) is 1. The normalized spacial score (nSPS) is 28.4. The third-order valence-electron chi connectivity index (χ3n) is 7.57. The number of aromatic nitrogens is 2. The summed E-state index contributed by atoms with van der Waals surface area (Å²) in [5.74, 6) is 1.83. The molecule has 1 spiro atoms. The van der Waals surface area contributed by atoms with E-state index >= 15 is 0 Å². The van der Waals surface area contributed by atoms with Crippen LogP contribution in [0.2, 0.25) is 0 Å². The minimum absolute atomic E-state index is 0.193. The SMILES string of the molecule is COc1ccc(-c2cnc(N3CCCC4(CCN([C@H]5CC[C@@H](O)CC5)C4=O)C3)nc2)cc1. The molecule has 7 nitrogen and oxygen atoms in total. The number of rotatable bonds is 4. The van der Waals surface area contributed by atoms with Gasteiger partial charge in [-0.1, -0.05) is 12.1 Å². The van der Waals surface area contributed by atoms with Crippen molar-refractivity contribution >= 4 is 11.9 Å². The van der Waals surface area contributed by atoms with E-state index in [2.05, 4.69) is 19.8 Å². The molecule has 0 bridgehead atoms. The lowest BCUT2D eigenvalue weighted by molar-refractivity contribution is -0.139. The van der Waals surface area contributed by atoms with E-state index in [1.54, 1.807) is 7.11 Å². The molecule has 0 radical (unpaired) electrons. The van der Waals surface area contributed by atoms with Crippen molar-refractivity contribution in [1.29, 1.82) is 0 Å². The van der Waals surface area contributed by atoms with E-state index in [-0.39, 0.29) is 11.5 Å². The summed E-state index contributed by atoms with van der Waals surface area (Å²) in [5.41, 5.74) is 1.70. The maximum Gasteiger partial charge on any atom is 0.230 e. The Labute approximate surface area is 189 Å². The van der Waals surface area contributed by atoms with Crippen LogP contribution < -0.4 is 9.64 Å². The lowest BCUT2D eigenvalue weighted by Crippen LogP contribution is -2.50. The van der Waals surface area contributed by atoms with E-state index in [0.29, 0.717) is 24.4 Å². The van der Waals surface area contributed by atoms with Crippen LogP contribution in [0.15, 0.2) is 36.7 Å². The summed E-state index contributed by atoms with van der Waals surface area (Å²) in [6.07, 6.45) is 9.81. The number of aliphatic hydroxyl groups excluding tert-OH is 1. The summed E-state index contributed by atoms with van der Waals surface area (Å²) < 4.78 is 5.23. The van der Waals surface area contributed by atoms with Gasteiger partial charge in [-0.15, -0.1) is 0 Å². The first-order chi connectivity index (χ1) is 15.6. The summed E-state index contributed by atoms with van der Waals surface area (Å²) >= 11 is 0. The van der Waals surface area contributed by atoms with Crippen LogP contribution in [0.5, 0.6) is 5.75 Å². The van der Waals surface area contributed by atoms with Crippen molar-refractivity contribution in [3.05, 3.63) is 36.7 Å². The van der Waals surface area contributed by atoms with Gasteiger partial charge in [-0.25, -0.2) is 9.97 Å². The summed E-state index contributed by atoms with van der Waals surface area (Å²) in [4.78, 5) is 27.1. The second-order valence-electron chi connectivity index (χ2n) is 9.52. The van der Waals surface area contributed by atoms with Gasteiger partial charge >= 0.3 is 0 Å². The molecular formula is C25H32N4O3. The molecule has 32 heavy (non-hydrogen) atoms. The second-order valence-corrected chi connectivity index (χ2v) is 9.52. The predicted octanol–water partition coefficient (Wildman–Crippen LogP) is 3.27. The largest absolute Gasteiger partial charge is 0.497 e. The number of amides is 1. The van der Waals surface area contributed by atoms with Crippen molar-refractivity contribution in [2.24, 2.45) is 5.41 Å². The fraction of sp³-hybridized carbons (Fsp3) is 0.560. The molecule has 1 aliphatic carbocycles. The topological polar surface area (TPSA) is 78.8 Å². The highest BCUT2D eigenvalue weighted by Crippen LogP contribution is 2.43. The van der Waals surface area contributed by atoms with Gasteiger partial charge in [0, 0.05) is 43.6 Å². The number of piperidine rings is 1. The third kappa shape index (κ3) is 3.94. The van der Waals surface area contributed by atoms with Gasteiger partial charge in [0.05, 0.1) is 18.6 Å². The third-order valence-corrected chi connectivity index (χ3v) is 7.57. The molecule has 1 unspecified atom stereocenters. The van der Waals surface area contributed by atoms with Gasteiger partial charge in [0.15, 0.2) is 0 Å². The van der Waals surface area contributed by atoms with Crippen molar-refractivity contribution in [3.63, 3.8) is 0 Å². The molecule has 2 aliphatic heterocycles. The fourth-order valence-electron chi connectivity index (χ4n) is 5.66. The van der Waals surface area contributed by atoms with Gasteiger partial charge in [0.1, 0.15) is 5.75 Å². The number of benzene rings is 1. The molecule has 1 N–H and O–H groups in total. The Morgan fingerprint density at radius 3 is 2.41 bits per heavy atom. The molecule has 5 rings (SSSR count). The first kappa shape index (κ1) is 21.2. The van der Waals surface area contributed by atoms with E-state index in [1.165, 1.54) is 0 Å². The summed E-state index contributed by atoms with van der Waals surface area (Å²) in [7, 11) is 1.66. The minimum atomic E-state index is -0.313. The Bertz CT molecular complexity index is 941. The van der Waals surface area contributed by atoms with E-state index in [0.717, 1.165) is 74.9 Å². The maximum atomic E-state index is 13.5. The van der Waals surface area contributed by atoms with Crippen LogP contribution in [0.3, 0.4) is 0 Å². The molecule has 1 atom stereocenters. The Morgan fingerprint density at radius 2 is 1.72 bits per heavy atom. The molecule has 2 aromatic rings. The summed E-state index contributed by atoms with van der Waals surface area (Å²) in [5, 5.41) is 9.82. The molecule has 1 aromatic carbocycles. The zero-order valence-corrected chi connectivity index (χ0v) is 18.7. The number of anilines is 1. The average molecular weight is 437 g/mol. The number of hydrogen-bond donors (Lipinski definition) is 1. The van der Waals surface area contributed by atoms with Crippen molar-refractivity contribution in [3.8, 4) is 16.9 Å². The van der Waals surface area contributed by atoms with E-state index in [9.17, 15) is 9.90 Å². The Kier molecular flexibility index (Phi) is 5.76. The van der Waals surface area contributed by atoms with Crippen LogP contribution in [0.25, 0.3) is 11.1 Å². The van der Waals surface area contributed by atoms with Crippen LogP contribution >= 0.6 is 0 Å². The highest BCUT2D eigenvalue weighted by atomic mass is 16.5. The fourth-order valence-corrected chi connectivity index (χ4v) is 5.66. The number of carbonyl (C=O) groups excluding carboxylic acids is 1. The van der Waals surface area contributed by atoms with Crippen molar-refractivity contribution in [2.75, 3.05) is 31.6 Å². The van der Waals surface area contributed by atoms with Gasteiger partial charge in [-0.2, -0.15) is 0 Å². The number of aliphatic hydroxyl groups is 1. The van der Waals surface area contributed by atoms with E-state index < -0.39 is 0 Å². The van der Waals surface area contributed by atoms with Crippen LogP contribution in [0.4, 0.5) is 5.95 Å². The average Bonchev–Trinajstić information content (AvgIpc) is 3.15. The first-order valence-electron chi connectivity index (χ1n) is 11.8. The Balaban J connectivity index is 1.28. The minimum Gasteiger partial charge on any atom is -0.497 e. The van der Waals surface area contributed by atoms with Gasteiger partial charge in [-0.05, 0) is 62.6 Å². The molecule has 7 heteroatoms. The van der Waals surface area contributed by atoms with E-state index in [4.69, 9.17) is 4.74 Å². The molecular weight excluding hydrogens is 404 g/mol. The molecule has 1 amide bonds.